The van der Waals surface area contributed by atoms with Crippen LogP contribution in [0.2, 0.25) is 0 Å². The molecular weight excluding hydrogens is 340 g/mol. The van der Waals surface area contributed by atoms with Crippen LogP contribution in [0.1, 0.15) is 106 Å². The Morgan fingerprint density at radius 2 is 1.54 bits per heavy atom. The Labute approximate surface area is 174 Å². The summed E-state index contributed by atoms with van der Waals surface area (Å²) in [7, 11) is 0. The van der Waals surface area contributed by atoms with Gasteiger partial charge in [-0.05, 0) is 109 Å². The molecule has 4 saturated carbocycles. The lowest BCUT2D eigenvalue weighted by Gasteiger charge is -2.67. The zero-order chi connectivity index (χ0) is 20.5. The van der Waals surface area contributed by atoms with Crippen LogP contribution in [-0.4, -0.2) is 6.29 Å². The van der Waals surface area contributed by atoms with Crippen LogP contribution in [0.4, 0.5) is 0 Å². The summed E-state index contributed by atoms with van der Waals surface area (Å²) in [6.07, 6.45) is 13.3. The van der Waals surface area contributed by atoms with Crippen molar-refractivity contribution in [3.05, 3.63) is 0 Å². The average Bonchev–Trinajstić information content (AvgIpc) is 2.91. The lowest BCUT2D eigenvalue weighted by molar-refractivity contribution is -0.188. The second kappa shape index (κ2) is 6.58. The molecule has 0 aromatic heterocycles. The molecule has 9 atom stereocenters. The van der Waals surface area contributed by atoms with Gasteiger partial charge in [-0.3, -0.25) is 0 Å². The smallest absolute Gasteiger partial charge is 0.120 e. The third-order valence-electron chi connectivity index (χ3n) is 12.2. The lowest BCUT2D eigenvalue weighted by atomic mass is 9.37. The van der Waals surface area contributed by atoms with Gasteiger partial charge in [0.25, 0.3) is 0 Å². The molecule has 0 aliphatic heterocycles. The first-order chi connectivity index (χ1) is 13.0. The molecule has 4 aliphatic rings. The Balaban J connectivity index is 1.66. The Morgan fingerprint density at radius 3 is 2.21 bits per heavy atom. The summed E-state index contributed by atoms with van der Waals surface area (Å²) < 4.78 is 0. The zero-order valence-corrected chi connectivity index (χ0v) is 19.8. The highest BCUT2D eigenvalue weighted by Crippen LogP contribution is 2.75. The first-order valence-electron chi connectivity index (χ1n) is 12.5. The summed E-state index contributed by atoms with van der Waals surface area (Å²) in [5, 5.41) is 0. The number of fused-ring (bicyclic) bond motifs is 5. The van der Waals surface area contributed by atoms with Crippen LogP contribution in [0, 0.1) is 57.2 Å². The molecule has 0 heterocycles. The Bertz CT molecular complexity index is 622. The standard InChI is InChI=1S/C27H46O/c1-18(13-17-28)20-11-15-27(7)22-8-9-23-24(3,4)19(2)10-14-25(23,5)21(22)12-16-26(20,27)6/h17-23H,8-16H2,1-7H3/t18-,19+,20-,21?,22?,23?,25-,26-,27+/m1/s1. The van der Waals surface area contributed by atoms with Gasteiger partial charge >= 0.3 is 0 Å². The van der Waals surface area contributed by atoms with Crippen molar-refractivity contribution in [1.29, 1.82) is 0 Å². The van der Waals surface area contributed by atoms with Crippen LogP contribution in [0.3, 0.4) is 0 Å². The predicted octanol–water partition coefficient (Wildman–Crippen LogP) is 7.53. The summed E-state index contributed by atoms with van der Waals surface area (Å²) in [5.74, 6) is 4.91. The van der Waals surface area contributed by atoms with E-state index in [1.165, 1.54) is 57.7 Å². The minimum Gasteiger partial charge on any atom is -0.303 e. The lowest BCUT2D eigenvalue weighted by Crippen LogP contribution is -2.60. The van der Waals surface area contributed by atoms with Crippen LogP contribution in [-0.2, 0) is 4.79 Å². The molecule has 4 rings (SSSR count). The Morgan fingerprint density at radius 1 is 0.857 bits per heavy atom. The van der Waals surface area contributed by atoms with Gasteiger partial charge in [0, 0.05) is 6.42 Å². The van der Waals surface area contributed by atoms with Crippen molar-refractivity contribution in [1.82, 2.24) is 0 Å². The van der Waals surface area contributed by atoms with Gasteiger partial charge in [-0.1, -0.05) is 48.5 Å². The fraction of sp³-hybridized carbons (Fsp3) is 0.963. The van der Waals surface area contributed by atoms with Crippen molar-refractivity contribution in [3.63, 3.8) is 0 Å². The number of carbonyl (C=O) groups excluding carboxylic acids is 1. The molecule has 3 unspecified atom stereocenters. The molecular formula is C27H46O. The van der Waals surface area contributed by atoms with E-state index in [4.69, 9.17) is 0 Å². The van der Waals surface area contributed by atoms with Gasteiger partial charge in [0.15, 0.2) is 0 Å². The van der Waals surface area contributed by atoms with E-state index in [0.717, 1.165) is 36.0 Å². The van der Waals surface area contributed by atoms with E-state index in [9.17, 15) is 4.79 Å². The molecule has 28 heavy (non-hydrogen) atoms. The van der Waals surface area contributed by atoms with Gasteiger partial charge in [0.2, 0.25) is 0 Å². The van der Waals surface area contributed by atoms with Crippen molar-refractivity contribution in [2.45, 2.75) is 106 Å². The SMILES string of the molecule is C[C@H](CC=O)[C@H]1CC[C@@]2(C)C3CCC4C(C)(C)[C@@H](C)CC[C@]4(C)C3CC[C@]12C. The van der Waals surface area contributed by atoms with Crippen LogP contribution in [0.25, 0.3) is 0 Å². The molecule has 0 bridgehead atoms. The van der Waals surface area contributed by atoms with E-state index >= 15 is 0 Å². The van der Waals surface area contributed by atoms with E-state index in [0.29, 0.717) is 27.6 Å². The summed E-state index contributed by atoms with van der Waals surface area (Å²) in [6.45, 7) is 18.0. The maximum absolute atomic E-state index is 11.2. The van der Waals surface area contributed by atoms with Crippen molar-refractivity contribution in [2.24, 2.45) is 57.2 Å². The minimum atomic E-state index is 0.442. The summed E-state index contributed by atoms with van der Waals surface area (Å²) in [4.78, 5) is 11.2. The summed E-state index contributed by atoms with van der Waals surface area (Å²) >= 11 is 0. The molecule has 4 fully saturated rings. The fourth-order valence-corrected chi connectivity index (χ4v) is 9.96. The van der Waals surface area contributed by atoms with E-state index in [1.807, 2.05) is 0 Å². The number of aldehydes is 1. The topological polar surface area (TPSA) is 17.1 Å². The highest BCUT2D eigenvalue weighted by atomic mass is 16.1. The van der Waals surface area contributed by atoms with Crippen LogP contribution in [0.15, 0.2) is 0 Å². The fourth-order valence-electron chi connectivity index (χ4n) is 9.96. The zero-order valence-electron chi connectivity index (χ0n) is 19.8. The number of hydrogen-bond donors (Lipinski definition) is 0. The van der Waals surface area contributed by atoms with Crippen molar-refractivity contribution >= 4 is 6.29 Å². The van der Waals surface area contributed by atoms with Crippen LogP contribution in [0.5, 0.6) is 0 Å². The Kier molecular flexibility index (Phi) is 4.92. The number of carbonyl (C=O) groups is 1. The molecule has 0 spiro atoms. The van der Waals surface area contributed by atoms with Gasteiger partial charge in [0.05, 0.1) is 0 Å². The van der Waals surface area contributed by atoms with Crippen LogP contribution >= 0.6 is 0 Å². The molecule has 0 aromatic rings. The largest absolute Gasteiger partial charge is 0.303 e. The number of rotatable bonds is 3. The van der Waals surface area contributed by atoms with E-state index in [1.54, 1.807) is 0 Å². The molecule has 0 saturated heterocycles. The molecule has 0 amide bonds. The van der Waals surface area contributed by atoms with Gasteiger partial charge in [-0.25, -0.2) is 0 Å². The average molecular weight is 387 g/mol. The maximum atomic E-state index is 11.2. The molecule has 4 aliphatic carbocycles. The predicted molar refractivity (Wildman–Crippen MR) is 118 cm³/mol. The maximum Gasteiger partial charge on any atom is 0.120 e. The van der Waals surface area contributed by atoms with Crippen molar-refractivity contribution < 1.29 is 4.79 Å². The van der Waals surface area contributed by atoms with E-state index in [-0.39, 0.29) is 0 Å². The van der Waals surface area contributed by atoms with Crippen LogP contribution < -0.4 is 0 Å². The van der Waals surface area contributed by atoms with Crippen molar-refractivity contribution in [2.75, 3.05) is 0 Å². The highest BCUT2D eigenvalue weighted by Gasteiger charge is 2.67. The molecule has 0 aromatic carbocycles. The third kappa shape index (κ3) is 2.52. The van der Waals surface area contributed by atoms with Gasteiger partial charge < -0.3 is 4.79 Å². The molecule has 0 N–H and O–H groups in total. The van der Waals surface area contributed by atoms with E-state index < -0.39 is 0 Å². The quantitative estimate of drug-likeness (QED) is 0.458. The Hall–Kier alpha value is -0.330. The van der Waals surface area contributed by atoms with E-state index in [2.05, 4.69) is 48.5 Å². The molecule has 1 nitrogen and oxygen atoms in total. The first kappa shape index (κ1) is 20.9. The highest BCUT2D eigenvalue weighted by molar-refractivity contribution is 5.49. The molecule has 1 heteroatoms. The third-order valence-corrected chi connectivity index (χ3v) is 12.2. The second-order valence-corrected chi connectivity index (χ2v) is 13.0. The molecule has 0 radical (unpaired) electrons. The summed E-state index contributed by atoms with van der Waals surface area (Å²) in [6, 6.07) is 0. The second-order valence-electron chi connectivity index (χ2n) is 13.0. The van der Waals surface area contributed by atoms with Gasteiger partial charge in [0.1, 0.15) is 6.29 Å². The molecule has 160 valence electrons. The first-order valence-corrected chi connectivity index (χ1v) is 12.5. The van der Waals surface area contributed by atoms with Gasteiger partial charge in [-0.15, -0.1) is 0 Å². The normalized spacial score (nSPS) is 53.6. The monoisotopic (exact) mass is 386 g/mol. The number of hydrogen-bond acceptors (Lipinski definition) is 1. The minimum absolute atomic E-state index is 0.442. The van der Waals surface area contributed by atoms with Gasteiger partial charge in [-0.2, -0.15) is 0 Å². The van der Waals surface area contributed by atoms with Crippen molar-refractivity contribution in [3.8, 4) is 0 Å². The summed E-state index contributed by atoms with van der Waals surface area (Å²) in [5.41, 5.74) is 1.97.